The third-order valence-electron chi connectivity index (χ3n) is 2.45. The number of anilines is 1. The number of hydrogen-bond acceptors (Lipinski definition) is 7. The van der Waals surface area contributed by atoms with Crippen molar-refractivity contribution in [3.05, 3.63) is 29.8 Å². The molecular formula is C12H16N6O2. The van der Waals surface area contributed by atoms with Gasteiger partial charge in [0.25, 0.3) is 5.91 Å². The largest absolute Gasteiger partial charge is 0.369 e. The third-order valence-corrected chi connectivity index (χ3v) is 2.45. The van der Waals surface area contributed by atoms with Crippen LogP contribution < -0.4 is 10.6 Å². The molecule has 0 bridgehead atoms. The van der Waals surface area contributed by atoms with Gasteiger partial charge in [0.05, 0.1) is 12.4 Å². The monoisotopic (exact) mass is 276 g/mol. The molecule has 0 fully saturated rings. The van der Waals surface area contributed by atoms with Gasteiger partial charge in [-0.05, 0) is 6.92 Å². The van der Waals surface area contributed by atoms with Crippen LogP contribution in [-0.4, -0.2) is 39.1 Å². The van der Waals surface area contributed by atoms with Crippen LogP contribution in [0.3, 0.4) is 0 Å². The topological polar surface area (TPSA) is 106 Å². The molecule has 2 heterocycles. The Hall–Kier alpha value is -2.51. The maximum Gasteiger partial charge on any atom is 0.271 e. The first-order valence-corrected chi connectivity index (χ1v) is 6.32. The summed E-state index contributed by atoms with van der Waals surface area (Å²) in [6.45, 7) is 4.84. The molecule has 0 unspecified atom stereocenters. The zero-order chi connectivity index (χ0) is 14.4. The van der Waals surface area contributed by atoms with Gasteiger partial charge in [-0.2, -0.15) is 4.98 Å². The summed E-state index contributed by atoms with van der Waals surface area (Å²) in [5, 5.41) is 9.48. The van der Waals surface area contributed by atoms with E-state index in [1.807, 2.05) is 6.92 Å². The lowest BCUT2D eigenvalue weighted by Crippen LogP contribution is -2.27. The van der Waals surface area contributed by atoms with Gasteiger partial charge in [0, 0.05) is 26.4 Å². The highest BCUT2D eigenvalue weighted by atomic mass is 16.5. The Kier molecular flexibility index (Phi) is 4.59. The first-order valence-electron chi connectivity index (χ1n) is 6.32. The molecule has 2 aromatic rings. The van der Waals surface area contributed by atoms with E-state index in [9.17, 15) is 4.79 Å². The maximum absolute atomic E-state index is 11.8. The summed E-state index contributed by atoms with van der Waals surface area (Å²) in [7, 11) is 0. The summed E-state index contributed by atoms with van der Waals surface area (Å²) in [5.74, 6) is 1.44. The normalized spacial score (nSPS) is 10.3. The minimum Gasteiger partial charge on any atom is -0.369 e. The molecule has 0 aliphatic rings. The number of amides is 1. The molecule has 0 aliphatic carbocycles. The van der Waals surface area contributed by atoms with Crippen LogP contribution >= 0.6 is 0 Å². The average Bonchev–Trinajstić information content (AvgIpc) is 2.85. The zero-order valence-corrected chi connectivity index (χ0v) is 11.4. The maximum atomic E-state index is 11.8. The van der Waals surface area contributed by atoms with Gasteiger partial charge in [0.2, 0.25) is 5.89 Å². The lowest BCUT2D eigenvalue weighted by molar-refractivity contribution is 0.0948. The highest BCUT2D eigenvalue weighted by Gasteiger charge is 2.08. The van der Waals surface area contributed by atoms with E-state index in [0.29, 0.717) is 30.5 Å². The van der Waals surface area contributed by atoms with Crippen molar-refractivity contribution >= 4 is 11.7 Å². The van der Waals surface area contributed by atoms with Crippen molar-refractivity contribution in [2.75, 3.05) is 18.4 Å². The average molecular weight is 276 g/mol. The van der Waals surface area contributed by atoms with Crippen molar-refractivity contribution in [2.45, 2.75) is 20.3 Å². The lowest BCUT2D eigenvalue weighted by Gasteiger charge is -2.04. The van der Waals surface area contributed by atoms with Crippen LogP contribution in [0.1, 0.15) is 29.1 Å². The minimum atomic E-state index is -0.277. The number of carbonyl (C=O) groups excluding carboxylic acids is 1. The molecule has 0 radical (unpaired) electrons. The molecule has 2 N–H and O–H groups in total. The van der Waals surface area contributed by atoms with Crippen molar-refractivity contribution < 1.29 is 9.32 Å². The van der Waals surface area contributed by atoms with Crippen LogP contribution in [0.2, 0.25) is 0 Å². The van der Waals surface area contributed by atoms with Crippen molar-refractivity contribution in [3.8, 4) is 0 Å². The SMILES string of the molecule is CCNc1cnc(C(=O)NCCc2noc(C)n2)cn1. The smallest absolute Gasteiger partial charge is 0.271 e. The van der Waals surface area contributed by atoms with Crippen molar-refractivity contribution in [3.63, 3.8) is 0 Å². The Bertz CT molecular complexity index is 566. The van der Waals surface area contributed by atoms with E-state index in [1.165, 1.54) is 12.4 Å². The molecule has 8 nitrogen and oxygen atoms in total. The quantitative estimate of drug-likeness (QED) is 0.794. The second kappa shape index (κ2) is 6.60. The third kappa shape index (κ3) is 3.74. The molecule has 1 amide bonds. The minimum absolute atomic E-state index is 0.274. The van der Waals surface area contributed by atoms with Gasteiger partial charge in [-0.25, -0.2) is 9.97 Å². The van der Waals surface area contributed by atoms with E-state index < -0.39 is 0 Å². The highest BCUT2D eigenvalue weighted by molar-refractivity contribution is 5.91. The molecule has 0 saturated carbocycles. The van der Waals surface area contributed by atoms with E-state index in [4.69, 9.17) is 4.52 Å². The molecule has 0 saturated heterocycles. The molecule has 2 aromatic heterocycles. The first-order chi connectivity index (χ1) is 9.69. The van der Waals surface area contributed by atoms with Gasteiger partial charge < -0.3 is 15.2 Å². The Balaban J connectivity index is 1.82. The fourth-order valence-corrected chi connectivity index (χ4v) is 1.54. The van der Waals surface area contributed by atoms with Gasteiger partial charge in [-0.3, -0.25) is 4.79 Å². The number of aromatic nitrogens is 4. The van der Waals surface area contributed by atoms with E-state index in [-0.39, 0.29) is 11.6 Å². The summed E-state index contributed by atoms with van der Waals surface area (Å²) in [6, 6.07) is 0. The Morgan fingerprint density at radius 2 is 2.20 bits per heavy atom. The zero-order valence-electron chi connectivity index (χ0n) is 11.4. The number of aryl methyl sites for hydroxylation is 1. The molecule has 2 rings (SSSR count). The van der Waals surface area contributed by atoms with Gasteiger partial charge in [0.1, 0.15) is 11.5 Å². The van der Waals surface area contributed by atoms with Crippen LogP contribution in [-0.2, 0) is 6.42 Å². The van der Waals surface area contributed by atoms with Gasteiger partial charge in [0.15, 0.2) is 5.82 Å². The lowest BCUT2D eigenvalue weighted by atomic mass is 10.3. The van der Waals surface area contributed by atoms with Gasteiger partial charge in [-0.15, -0.1) is 0 Å². The number of rotatable bonds is 6. The highest BCUT2D eigenvalue weighted by Crippen LogP contribution is 2.00. The fraction of sp³-hybridized carbons (Fsp3) is 0.417. The van der Waals surface area contributed by atoms with E-state index in [1.54, 1.807) is 6.92 Å². The summed E-state index contributed by atoms with van der Waals surface area (Å²) >= 11 is 0. The van der Waals surface area contributed by atoms with Gasteiger partial charge in [-0.1, -0.05) is 5.16 Å². The van der Waals surface area contributed by atoms with Crippen LogP contribution in [0.4, 0.5) is 5.82 Å². The Morgan fingerprint density at radius 1 is 1.35 bits per heavy atom. The van der Waals surface area contributed by atoms with Crippen LogP contribution in [0.25, 0.3) is 0 Å². The summed E-state index contributed by atoms with van der Waals surface area (Å²) in [5.41, 5.74) is 0.274. The molecule has 0 atom stereocenters. The first kappa shape index (κ1) is 13.9. The molecule has 0 aromatic carbocycles. The van der Waals surface area contributed by atoms with Crippen LogP contribution in [0, 0.1) is 6.92 Å². The number of carbonyl (C=O) groups is 1. The van der Waals surface area contributed by atoms with Crippen molar-refractivity contribution in [2.24, 2.45) is 0 Å². The summed E-state index contributed by atoms with van der Waals surface area (Å²) < 4.78 is 4.84. The van der Waals surface area contributed by atoms with E-state index in [2.05, 4.69) is 30.7 Å². The molecular weight excluding hydrogens is 260 g/mol. The summed E-state index contributed by atoms with van der Waals surface area (Å²) in [4.78, 5) is 24.0. The van der Waals surface area contributed by atoms with Gasteiger partial charge >= 0.3 is 0 Å². The predicted octanol–water partition coefficient (Wildman–Crippen LogP) is 0.572. The number of nitrogens with one attached hydrogen (secondary N) is 2. The Morgan fingerprint density at radius 3 is 2.80 bits per heavy atom. The van der Waals surface area contributed by atoms with Crippen molar-refractivity contribution in [1.82, 2.24) is 25.4 Å². The van der Waals surface area contributed by atoms with E-state index >= 15 is 0 Å². The second-order valence-electron chi connectivity index (χ2n) is 4.05. The molecule has 106 valence electrons. The summed E-state index contributed by atoms with van der Waals surface area (Å²) in [6.07, 6.45) is 3.47. The predicted molar refractivity (Wildman–Crippen MR) is 71.3 cm³/mol. The molecule has 0 spiro atoms. The second-order valence-corrected chi connectivity index (χ2v) is 4.05. The van der Waals surface area contributed by atoms with Crippen LogP contribution in [0.15, 0.2) is 16.9 Å². The molecule has 20 heavy (non-hydrogen) atoms. The van der Waals surface area contributed by atoms with Crippen LogP contribution in [0.5, 0.6) is 0 Å². The molecule has 8 heteroatoms. The number of nitrogens with zero attached hydrogens (tertiary/aromatic N) is 4. The van der Waals surface area contributed by atoms with E-state index in [0.717, 1.165) is 6.54 Å². The van der Waals surface area contributed by atoms with Crippen molar-refractivity contribution in [1.29, 1.82) is 0 Å². The Labute approximate surface area is 116 Å². The molecule has 0 aliphatic heterocycles. The fourth-order valence-electron chi connectivity index (χ4n) is 1.54. The number of hydrogen-bond donors (Lipinski definition) is 2. The standard InChI is InChI=1S/C12H16N6O2/c1-3-13-11-7-15-9(6-16-11)12(19)14-5-4-10-17-8(2)20-18-10/h6-7H,3-5H2,1-2H3,(H,13,16)(H,14,19).